The maximum atomic E-state index is 11.8. The second-order valence-corrected chi connectivity index (χ2v) is 3.85. The summed E-state index contributed by atoms with van der Waals surface area (Å²) in [5, 5.41) is 3.15. The molecule has 86 valence electrons. The molecule has 1 aromatic carbocycles. The van der Waals surface area contributed by atoms with Crippen LogP contribution in [0, 0.1) is 0 Å². The van der Waals surface area contributed by atoms with Crippen molar-refractivity contribution in [3.8, 4) is 0 Å². The first-order valence-corrected chi connectivity index (χ1v) is 5.32. The zero-order chi connectivity index (χ0) is 12.3. The van der Waals surface area contributed by atoms with E-state index >= 15 is 0 Å². The molecular weight excluding hydrogens is 238 g/mol. The zero-order valence-electron chi connectivity index (χ0n) is 8.85. The molecule has 0 aliphatic heterocycles. The van der Waals surface area contributed by atoms with Gasteiger partial charge in [0.2, 0.25) is 0 Å². The molecule has 1 aromatic heterocycles. The lowest BCUT2D eigenvalue weighted by molar-refractivity contribution is 0.102. The Morgan fingerprint density at radius 3 is 2.71 bits per heavy atom. The molecule has 0 aliphatic rings. The highest BCUT2D eigenvalue weighted by Gasteiger charge is 2.06. The van der Waals surface area contributed by atoms with Crippen molar-refractivity contribution in [3.05, 3.63) is 53.1 Å². The lowest BCUT2D eigenvalue weighted by Crippen LogP contribution is -2.13. The number of anilines is 2. The van der Waals surface area contributed by atoms with Crippen molar-refractivity contribution in [2.45, 2.75) is 0 Å². The predicted octanol–water partition coefficient (Wildman–Crippen LogP) is 2.57. The van der Waals surface area contributed by atoms with Crippen LogP contribution < -0.4 is 11.1 Å². The van der Waals surface area contributed by atoms with Gasteiger partial charge in [0.1, 0.15) is 11.6 Å². The van der Waals surface area contributed by atoms with Crippen LogP contribution in [0.4, 0.5) is 11.6 Å². The Hall–Kier alpha value is -2.07. The van der Waals surface area contributed by atoms with Crippen LogP contribution in [-0.2, 0) is 0 Å². The predicted molar refractivity (Wildman–Crippen MR) is 68.1 cm³/mol. The molecule has 1 heterocycles. The van der Waals surface area contributed by atoms with E-state index in [1.54, 1.807) is 42.5 Å². The minimum atomic E-state index is -0.273. The highest BCUT2D eigenvalue weighted by atomic mass is 35.5. The Balaban J connectivity index is 2.17. The number of nitrogens with two attached hydrogens (primary N) is 1. The van der Waals surface area contributed by atoms with Gasteiger partial charge in [0.15, 0.2) is 0 Å². The molecule has 17 heavy (non-hydrogen) atoms. The van der Waals surface area contributed by atoms with Gasteiger partial charge in [0, 0.05) is 10.6 Å². The van der Waals surface area contributed by atoms with Gasteiger partial charge >= 0.3 is 0 Å². The van der Waals surface area contributed by atoms with Crippen molar-refractivity contribution >= 4 is 29.1 Å². The number of carbonyl (C=O) groups is 1. The van der Waals surface area contributed by atoms with Crippen LogP contribution in [0.5, 0.6) is 0 Å². The van der Waals surface area contributed by atoms with E-state index in [-0.39, 0.29) is 5.91 Å². The van der Waals surface area contributed by atoms with Crippen LogP contribution in [-0.4, -0.2) is 10.9 Å². The van der Waals surface area contributed by atoms with Crippen LogP contribution in [0.1, 0.15) is 10.4 Å². The summed E-state index contributed by atoms with van der Waals surface area (Å²) in [6, 6.07) is 11.7. The molecule has 0 atom stereocenters. The average Bonchev–Trinajstić information content (AvgIpc) is 2.29. The Morgan fingerprint density at radius 1 is 1.24 bits per heavy atom. The smallest absolute Gasteiger partial charge is 0.256 e. The van der Waals surface area contributed by atoms with Gasteiger partial charge in [0.25, 0.3) is 5.91 Å². The Bertz CT molecular complexity index is 557. The van der Waals surface area contributed by atoms with E-state index in [9.17, 15) is 4.79 Å². The van der Waals surface area contributed by atoms with Crippen molar-refractivity contribution in [2.75, 3.05) is 11.1 Å². The first-order valence-electron chi connectivity index (χ1n) is 4.94. The quantitative estimate of drug-likeness (QED) is 0.857. The third kappa shape index (κ3) is 2.95. The van der Waals surface area contributed by atoms with Gasteiger partial charge in [-0.1, -0.05) is 23.7 Å². The summed E-state index contributed by atoms with van der Waals surface area (Å²) in [6.45, 7) is 0. The number of carbonyl (C=O) groups excluding carboxylic acids is 1. The molecule has 3 N–H and O–H groups in total. The number of aromatic nitrogens is 1. The fraction of sp³-hybridized carbons (Fsp3) is 0. The largest absolute Gasteiger partial charge is 0.384 e. The van der Waals surface area contributed by atoms with Gasteiger partial charge < -0.3 is 11.1 Å². The molecule has 2 rings (SSSR count). The first-order chi connectivity index (χ1) is 8.15. The third-order valence-electron chi connectivity index (χ3n) is 2.10. The van der Waals surface area contributed by atoms with Gasteiger partial charge in [0.05, 0.1) is 0 Å². The van der Waals surface area contributed by atoms with Crippen molar-refractivity contribution in [2.24, 2.45) is 0 Å². The van der Waals surface area contributed by atoms with Crippen LogP contribution >= 0.6 is 11.6 Å². The van der Waals surface area contributed by atoms with Gasteiger partial charge in [-0.15, -0.1) is 0 Å². The number of halogens is 1. The van der Waals surface area contributed by atoms with E-state index in [0.717, 1.165) is 0 Å². The minimum absolute atomic E-state index is 0.273. The van der Waals surface area contributed by atoms with Crippen molar-refractivity contribution in [1.82, 2.24) is 4.98 Å². The standard InChI is InChI=1S/C12H10ClN3O/c13-9-4-1-3-8(7-9)12(17)16-11-6-2-5-10(14)15-11/h1-7H,(H3,14,15,16,17). The van der Waals surface area contributed by atoms with E-state index in [4.69, 9.17) is 17.3 Å². The van der Waals surface area contributed by atoms with Crippen molar-refractivity contribution in [3.63, 3.8) is 0 Å². The van der Waals surface area contributed by atoms with Gasteiger partial charge in [-0.25, -0.2) is 4.98 Å². The molecule has 5 heteroatoms. The molecule has 0 radical (unpaired) electrons. The summed E-state index contributed by atoms with van der Waals surface area (Å²) >= 11 is 5.80. The van der Waals surface area contributed by atoms with Crippen LogP contribution in [0.25, 0.3) is 0 Å². The van der Waals surface area contributed by atoms with Gasteiger partial charge in [-0.05, 0) is 30.3 Å². The first kappa shape index (κ1) is 11.4. The molecule has 0 fully saturated rings. The number of amides is 1. The van der Waals surface area contributed by atoms with E-state index < -0.39 is 0 Å². The summed E-state index contributed by atoms with van der Waals surface area (Å²) in [6.07, 6.45) is 0. The Labute approximate surface area is 103 Å². The SMILES string of the molecule is Nc1cccc(NC(=O)c2cccc(Cl)c2)n1. The monoisotopic (exact) mass is 247 g/mol. The van der Waals surface area contributed by atoms with Crippen molar-refractivity contribution < 1.29 is 4.79 Å². The summed E-state index contributed by atoms with van der Waals surface area (Å²) < 4.78 is 0. The Kier molecular flexibility index (Phi) is 3.25. The minimum Gasteiger partial charge on any atom is -0.384 e. The Morgan fingerprint density at radius 2 is 2.00 bits per heavy atom. The fourth-order valence-corrected chi connectivity index (χ4v) is 1.53. The maximum Gasteiger partial charge on any atom is 0.256 e. The molecule has 0 saturated carbocycles. The summed E-state index contributed by atoms with van der Waals surface area (Å²) in [5.74, 6) is 0.495. The van der Waals surface area contributed by atoms with Crippen LogP contribution in [0.3, 0.4) is 0 Å². The molecule has 1 amide bonds. The van der Waals surface area contributed by atoms with E-state index in [2.05, 4.69) is 10.3 Å². The number of rotatable bonds is 2. The number of pyridine rings is 1. The number of hydrogen-bond donors (Lipinski definition) is 2. The summed E-state index contributed by atoms with van der Waals surface area (Å²) in [5.41, 5.74) is 5.99. The lowest BCUT2D eigenvalue weighted by Gasteiger charge is -2.05. The topological polar surface area (TPSA) is 68.0 Å². The van der Waals surface area contributed by atoms with E-state index in [0.29, 0.717) is 22.2 Å². The number of nitrogens with one attached hydrogen (secondary N) is 1. The second-order valence-electron chi connectivity index (χ2n) is 3.41. The molecule has 0 unspecified atom stereocenters. The van der Waals surface area contributed by atoms with Gasteiger partial charge in [-0.3, -0.25) is 4.79 Å². The van der Waals surface area contributed by atoms with Crippen molar-refractivity contribution in [1.29, 1.82) is 0 Å². The van der Waals surface area contributed by atoms with Gasteiger partial charge in [-0.2, -0.15) is 0 Å². The number of nitrogen functional groups attached to an aromatic ring is 1. The third-order valence-corrected chi connectivity index (χ3v) is 2.33. The molecule has 0 spiro atoms. The zero-order valence-corrected chi connectivity index (χ0v) is 9.61. The van der Waals surface area contributed by atoms with E-state index in [1.807, 2.05) is 0 Å². The number of hydrogen-bond acceptors (Lipinski definition) is 3. The molecule has 0 bridgehead atoms. The van der Waals surface area contributed by atoms with Crippen LogP contribution in [0.2, 0.25) is 5.02 Å². The normalized spacial score (nSPS) is 9.94. The molecule has 0 saturated heterocycles. The highest BCUT2D eigenvalue weighted by Crippen LogP contribution is 2.13. The fourth-order valence-electron chi connectivity index (χ4n) is 1.34. The van der Waals surface area contributed by atoms with Crippen LogP contribution in [0.15, 0.2) is 42.5 Å². The lowest BCUT2D eigenvalue weighted by atomic mass is 10.2. The number of benzene rings is 1. The highest BCUT2D eigenvalue weighted by molar-refractivity contribution is 6.31. The summed E-state index contributed by atoms with van der Waals surface area (Å²) in [7, 11) is 0. The second kappa shape index (κ2) is 4.84. The molecule has 2 aromatic rings. The maximum absolute atomic E-state index is 11.8. The molecule has 4 nitrogen and oxygen atoms in total. The van der Waals surface area contributed by atoms with E-state index in [1.165, 1.54) is 0 Å². The summed E-state index contributed by atoms with van der Waals surface area (Å²) in [4.78, 5) is 15.8. The molecular formula is C12H10ClN3O. The number of nitrogens with zero attached hydrogens (tertiary/aromatic N) is 1. The molecule has 0 aliphatic carbocycles. The average molecular weight is 248 g/mol.